The van der Waals surface area contributed by atoms with Gasteiger partial charge < -0.3 is 41.6 Å². The molecule has 0 radical (unpaired) electrons. The maximum absolute atomic E-state index is 9.15. The molecule has 0 fully saturated rings. The average Bonchev–Trinajstić information content (AvgIpc) is 1.63. The zero-order chi connectivity index (χ0) is 66.8. The number of nitrogens with zero attached hydrogens (tertiary/aromatic N) is 8. The summed E-state index contributed by atoms with van der Waals surface area (Å²) in [6.45, 7) is 11.9. The first-order valence-electron chi connectivity index (χ1n) is 32.9. The Morgan fingerprint density at radius 3 is 1.38 bits per heavy atom. The second kappa shape index (κ2) is 30.5. The highest BCUT2D eigenvalue weighted by Gasteiger charge is 2.24. The van der Waals surface area contributed by atoms with Gasteiger partial charge in [-0.15, -0.1) is 11.3 Å². The van der Waals surface area contributed by atoms with Crippen LogP contribution in [-0.2, 0) is 59.5 Å². The van der Waals surface area contributed by atoms with E-state index in [0.717, 1.165) is 98.2 Å². The summed E-state index contributed by atoms with van der Waals surface area (Å²) in [5.41, 5.74) is 22.4. The summed E-state index contributed by atoms with van der Waals surface area (Å²) in [6.07, 6.45) is 8.61. The first kappa shape index (κ1) is 66.5. The van der Waals surface area contributed by atoms with Crippen LogP contribution in [0.4, 0.5) is 0 Å². The van der Waals surface area contributed by atoms with E-state index in [1.54, 1.807) is 32.7 Å². The number of rotatable bonds is 22. The van der Waals surface area contributed by atoms with Crippen molar-refractivity contribution in [3.63, 3.8) is 0 Å². The van der Waals surface area contributed by atoms with Gasteiger partial charge in [-0.25, -0.2) is 4.98 Å². The van der Waals surface area contributed by atoms with Gasteiger partial charge in [0.2, 0.25) is 16.9 Å². The molecule has 96 heavy (non-hydrogen) atoms. The van der Waals surface area contributed by atoms with Crippen LogP contribution in [0.5, 0.6) is 0 Å². The number of ether oxygens (including phenoxy) is 3. The largest absolute Gasteiger partial charge is 0.383 e. The van der Waals surface area contributed by atoms with Gasteiger partial charge in [0.25, 0.3) is 0 Å². The van der Waals surface area contributed by atoms with E-state index in [0.29, 0.717) is 54.8 Å². The van der Waals surface area contributed by atoms with Crippen molar-refractivity contribution in [2.45, 2.75) is 97.6 Å². The molecule has 3 atom stereocenters. The molecule has 0 bridgehead atoms. The van der Waals surface area contributed by atoms with Crippen LogP contribution < -0.4 is 16.9 Å². The Balaban J connectivity index is 0.000000138. The van der Waals surface area contributed by atoms with Crippen LogP contribution in [0, 0.1) is 43.9 Å². The van der Waals surface area contributed by atoms with Crippen molar-refractivity contribution in [3.8, 4) is 0 Å². The third-order valence-corrected chi connectivity index (χ3v) is 19.5. The number of allylic oxidation sites excluding steroid dienone is 2. The van der Waals surface area contributed by atoms with E-state index in [1.165, 1.54) is 50.1 Å². The lowest BCUT2D eigenvalue weighted by atomic mass is 10.0. The van der Waals surface area contributed by atoms with Crippen molar-refractivity contribution < 1.29 is 14.2 Å². The fraction of sp³-hybridized carbons (Fsp3) is 0.263. The molecule has 0 saturated carbocycles. The van der Waals surface area contributed by atoms with Crippen molar-refractivity contribution in [1.29, 1.82) is 16.2 Å². The van der Waals surface area contributed by atoms with Crippen LogP contribution in [0.1, 0.15) is 85.3 Å². The van der Waals surface area contributed by atoms with Crippen LogP contribution in [0.3, 0.4) is 0 Å². The zero-order valence-electron chi connectivity index (χ0n) is 55.8. The molecule has 13 aromatic rings. The monoisotopic (exact) mass is 1310 g/mol. The molecule has 1 aliphatic carbocycles. The molecule has 14 nitrogen and oxygen atoms in total. The Hall–Kier alpha value is -9.48. The van der Waals surface area contributed by atoms with E-state index in [1.807, 2.05) is 66.2 Å². The summed E-state index contributed by atoms with van der Waals surface area (Å²) >= 11 is 7.79. The summed E-state index contributed by atoms with van der Waals surface area (Å²) in [5.74, 6) is 0. The van der Waals surface area contributed by atoms with Crippen LogP contribution in [0.15, 0.2) is 212 Å². The second-order valence-electron chi connectivity index (χ2n) is 25.1. The Bertz CT molecular complexity index is 5030. The fourth-order valence-corrected chi connectivity index (χ4v) is 14.5. The van der Waals surface area contributed by atoms with E-state index >= 15 is 0 Å². The third kappa shape index (κ3) is 15.0. The maximum Gasteiger partial charge on any atom is 0.203 e. The van der Waals surface area contributed by atoms with Gasteiger partial charge in [0.1, 0.15) is 5.01 Å². The van der Waals surface area contributed by atoms with Crippen molar-refractivity contribution in [2.75, 3.05) is 41.2 Å². The van der Waals surface area contributed by atoms with Gasteiger partial charge in [0.05, 0.1) is 94.4 Å². The molecule has 1 aliphatic rings. The van der Waals surface area contributed by atoms with Crippen molar-refractivity contribution in [3.05, 3.63) is 295 Å². The van der Waals surface area contributed by atoms with Gasteiger partial charge in [-0.2, -0.15) is 0 Å². The summed E-state index contributed by atoms with van der Waals surface area (Å²) in [7, 11) is 5.19. The molecule has 0 saturated heterocycles. The van der Waals surface area contributed by atoms with E-state index in [2.05, 4.69) is 206 Å². The molecular weight excluding hydrogens is 1230 g/mol. The van der Waals surface area contributed by atoms with Gasteiger partial charge in [-0.1, -0.05) is 174 Å². The number of pyridine rings is 1. The number of hydrogen-bond donors (Lipinski definition) is 3. The number of benzene rings is 8. The minimum absolute atomic E-state index is 0.00512. The van der Waals surface area contributed by atoms with E-state index in [9.17, 15) is 0 Å². The topological polar surface area (TPSA) is 155 Å². The van der Waals surface area contributed by atoms with Crippen LogP contribution in [0.2, 0.25) is 5.02 Å². The summed E-state index contributed by atoms with van der Waals surface area (Å²) in [6, 6.07) is 69.4. The van der Waals surface area contributed by atoms with Gasteiger partial charge in [-0.3, -0.25) is 21.2 Å². The molecule has 490 valence electrons. The summed E-state index contributed by atoms with van der Waals surface area (Å²) < 4.78 is 30.5. The smallest absolute Gasteiger partial charge is 0.203 e. The standard InChI is InChI=1S/C29H31N3O.C26H25ClN4OS.C25H28N4O/c1-21-11-13-22(14-12-21)19-25(20-33-2)32-28-10-6-5-9-27(28)31(29(32)30)18-17-24-16-15-23-7-3-4-8-26(23)24;1-17-7-9-18(10-8-17)13-20(16-32-2)31-23-6-4-3-5-22(23)30(26(31)28)15-25-29-21-14-19(27)11-12-24(21)33-25;1-18-8-11-20(12-9-18)14-22(17-30-3)29-24-7-5-4-6-23(24)28(25(29)26)16-21-13-10-19(2)27-15-21/h3-14,16,25,30H,15,17-20H2,1-2H3;3-12,14,20,28H,13,15-16H2,1-2H3;4-13,15,22,26H,14,16-17H2,1-3H3/t25-;20-;22-/m000/s1. The number of hydrogen-bond acceptors (Lipinski definition) is 9. The lowest BCUT2D eigenvalue weighted by molar-refractivity contribution is 0.154. The molecule has 0 spiro atoms. The molecule has 3 N–H and O–H groups in total. The number of para-hydroxylation sites is 6. The third-order valence-electron chi connectivity index (χ3n) is 18.2. The first-order chi connectivity index (χ1) is 46.7. The Labute approximate surface area is 570 Å². The number of aromatic nitrogens is 8. The molecule has 14 rings (SSSR count). The molecular formula is C80H84ClN11O3S. The fourth-order valence-electron chi connectivity index (χ4n) is 13.4. The van der Waals surface area contributed by atoms with E-state index < -0.39 is 0 Å². The zero-order valence-corrected chi connectivity index (χ0v) is 57.4. The maximum atomic E-state index is 9.15. The quantitative estimate of drug-likeness (QED) is 0.0616. The number of imidazole rings is 3. The van der Waals surface area contributed by atoms with Crippen molar-refractivity contribution in [2.24, 2.45) is 0 Å². The number of thiazole rings is 1. The van der Waals surface area contributed by atoms with Gasteiger partial charge in [0, 0.05) is 44.8 Å². The molecule has 16 heteroatoms. The molecule has 0 amide bonds. The van der Waals surface area contributed by atoms with Gasteiger partial charge in [-0.05, 0) is 159 Å². The number of nitrogens with one attached hydrogen (secondary N) is 3. The van der Waals surface area contributed by atoms with E-state index in [-0.39, 0.29) is 18.1 Å². The highest BCUT2D eigenvalue weighted by Crippen LogP contribution is 2.32. The SMILES string of the molecule is COC[C@H](Cc1ccc(C)cc1)n1c(=N)n(CCC2=CCc3ccccc32)c2ccccc21.COC[C@H](Cc1ccc(C)cc1)n1c(=N)n(Cc2ccc(C)nc2)c2ccccc21.COC[C@H](Cc1ccc(C)cc1)n1c(=N)n(Cc2nc3cc(Cl)ccc3s2)c2ccccc21. The highest BCUT2D eigenvalue weighted by atomic mass is 35.5. The lowest BCUT2D eigenvalue weighted by Gasteiger charge is -2.19. The summed E-state index contributed by atoms with van der Waals surface area (Å²) in [5, 5.41) is 28.9. The van der Waals surface area contributed by atoms with Gasteiger partial charge in [0.15, 0.2) is 0 Å². The van der Waals surface area contributed by atoms with Crippen molar-refractivity contribution in [1.82, 2.24) is 37.4 Å². The number of methoxy groups -OCH3 is 3. The molecule has 5 heterocycles. The van der Waals surface area contributed by atoms with Crippen LogP contribution in [0.25, 0.3) is 48.9 Å². The number of halogens is 1. The Kier molecular flexibility index (Phi) is 21.1. The first-order valence-corrected chi connectivity index (χ1v) is 34.1. The minimum atomic E-state index is 0.00512. The highest BCUT2D eigenvalue weighted by molar-refractivity contribution is 7.18. The van der Waals surface area contributed by atoms with Crippen LogP contribution in [-0.4, -0.2) is 78.5 Å². The number of aryl methyl sites for hydroxylation is 5. The van der Waals surface area contributed by atoms with Crippen molar-refractivity contribution >= 4 is 71.8 Å². The average molecular weight is 1320 g/mol. The van der Waals surface area contributed by atoms with E-state index in [4.69, 9.17) is 47.0 Å². The summed E-state index contributed by atoms with van der Waals surface area (Å²) in [4.78, 5) is 9.20. The predicted molar refractivity (Wildman–Crippen MR) is 389 cm³/mol. The molecule has 0 unspecified atom stereocenters. The molecule has 5 aromatic heterocycles. The molecule has 8 aromatic carbocycles. The minimum Gasteiger partial charge on any atom is -0.383 e. The van der Waals surface area contributed by atoms with Gasteiger partial charge >= 0.3 is 0 Å². The second-order valence-corrected chi connectivity index (χ2v) is 26.7. The normalized spacial score (nSPS) is 12.9. The lowest BCUT2D eigenvalue weighted by Crippen LogP contribution is -2.31. The van der Waals surface area contributed by atoms with Crippen LogP contribution >= 0.6 is 22.9 Å². The Morgan fingerprint density at radius 1 is 0.479 bits per heavy atom. The predicted octanol–water partition coefficient (Wildman–Crippen LogP) is 16.1. The Morgan fingerprint density at radius 2 is 0.906 bits per heavy atom. The molecule has 0 aliphatic heterocycles. The number of fused-ring (bicyclic) bond motifs is 5.